The molecule has 0 aromatic rings. The number of hydrogen-bond donors (Lipinski definition) is 1. The van der Waals surface area contributed by atoms with E-state index in [0.717, 1.165) is 32.6 Å². The van der Waals surface area contributed by atoms with Crippen LogP contribution in [0.3, 0.4) is 0 Å². The molecule has 136 valence electrons. The summed E-state index contributed by atoms with van der Waals surface area (Å²) in [5.74, 6) is 0.566. The van der Waals surface area contributed by atoms with Crippen molar-refractivity contribution < 1.29 is 9.53 Å². The van der Waals surface area contributed by atoms with E-state index in [-0.39, 0.29) is 6.09 Å². The average molecular weight is 327 g/mol. The lowest BCUT2D eigenvalue weighted by Crippen LogP contribution is -2.45. The summed E-state index contributed by atoms with van der Waals surface area (Å²) in [5, 5.41) is 3.57. The SMILES string of the molecule is CCCCCCCCNCC1CCCN(C(=O)OC(C)(C)C)C1. The van der Waals surface area contributed by atoms with Crippen LogP contribution in [0.15, 0.2) is 0 Å². The predicted molar refractivity (Wildman–Crippen MR) is 96.8 cm³/mol. The lowest BCUT2D eigenvalue weighted by molar-refractivity contribution is 0.0166. The van der Waals surface area contributed by atoms with Gasteiger partial charge < -0.3 is 15.0 Å². The maximum atomic E-state index is 12.1. The highest BCUT2D eigenvalue weighted by Crippen LogP contribution is 2.18. The van der Waals surface area contributed by atoms with Gasteiger partial charge >= 0.3 is 6.09 Å². The summed E-state index contributed by atoms with van der Waals surface area (Å²) in [6.45, 7) is 11.8. The van der Waals surface area contributed by atoms with Gasteiger partial charge in [0.15, 0.2) is 0 Å². The Labute approximate surface area is 143 Å². The van der Waals surface area contributed by atoms with Crippen LogP contribution in [0.5, 0.6) is 0 Å². The number of rotatable bonds is 9. The molecule has 1 saturated heterocycles. The summed E-state index contributed by atoms with van der Waals surface area (Å²) < 4.78 is 5.48. The van der Waals surface area contributed by atoms with E-state index in [2.05, 4.69) is 12.2 Å². The van der Waals surface area contributed by atoms with Gasteiger partial charge in [0, 0.05) is 13.1 Å². The second-order valence-corrected chi connectivity index (χ2v) is 7.91. The maximum absolute atomic E-state index is 12.1. The number of amides is 1. The molecule has 1 heterocycles. The molecule has 23 heavy (non-hydrogen) atoms. The van der Waals surface area contributed by atoms with Gasteiger partial charge in [-0.05, 0) is 59.0 Å². The van der Waals surface area contributed by atoms with Crippen LogP contribution in [0.2, 0.25) is 0 Å². The minimum atomic E-state index is -0.403. The van der Waals surface area contributed by atoms with Crippen LogP contribution in [-0.2, 0) is 4.74 Å². The largest absolute Gasteiger partial charge is 0.444 e. The zero-order chi connectivity index (χ0) is 17.1. The molecule has 0 aromatic carbocycles. The minimum Gasteiger partial charge on any atom is -0.444 e. The highest BCUT2D eigenvalue weighted by molar-refractivity contribution is 5.68. The molecule has 1 fully saturated rings. The number of unbranched alkanes of at least 4 members (excludes halogenated alkanes) is 5. The first-order valence-electron chi connectivity index (χ1n) is 9.61. The zero-order valence-electron chi connectivity index (χ0n) is 15.8. The first-order chi connectivity index (χ1) is 10.9. The molecule has 4 nitrogen and oxygen atoms in total. The van der Waals surface area contributed by atoms with Gasteiger partial charge in [-0.3, -0.25) is 0 Å². The first-order valence-corrected chi connectivity index (χ1v) is 9.61. The third-order valence-electron chi connectivity index (χ3n) is 4.31. The van der Waals surface area contributed by atoms with Crippen molar-refractivity contribution in [1.29, 1.82) is 0 Å². The van der Waals surface area contributed by atoms with E-state index < -0.39 is 5.60 Å². The van der Waals surface area contributed by atoms with Crippen molar-refractivity contribution >= 4 is 6.09 Å². The zero-order valence-corrected chi connectivity index (χ0v) is 15.8. The van der Waals surface area contributed by atoms with E-state index in [4.69, 9.17) is 4.74 Å². The summed E-state index contributed by atoms with van der Waals surface area (Å²) in [5.41, 5.74) is -0.403. The molecule has 1 atom stereocenters. The van der Waals surface area contributed by atoms with Crippen molar-refractivity contribution in [3.05, 3.63) is 0 Å². The van der Waals surface area contributed by atoms with Gasteiger partial charge in [0.25, 0.3) is 0 Å². The van der Waals surface area contributed by atoms with Gasteiger partial charge in [-0.1, -0.05) is 39.0 Å². The third-order valence-corrected chi connectivity index (χ3v) is 4.31. The highest BCUT2D eigenvalue weighted by atomic mass is 16.6. The molecule has 1 rings (SSSR count). The van der Waals surface area contributed by atoms with Crippen molar-refractivity contribution in [3.8, 4) is 0 Å². The maximum Gasteiger partial charge on any atom is 0.410 e. The van der Waals surface area contributed by atoms with E-state index in [1.165, 1.54) is 44.9 Å². The number of ether oxygens (including phenoxy) is 1. The fourth-order valence-corrected chi connectivity index (χ4v) is 3.06. The molecule has 0 radical (unpaired) electrons. The minimum absolute atomic E-state index is 0.155. The van der Waals surface area contributed by atoms with Crippen LogP contribution in [0.1, 0.15) is 79.1 Å². The Morgan fingerprint density at radius 3 is 2.57 bits per heavy atom. The Bertz CT molecular complexity index is 326. The fourth-order valence-electron chi connectivity index (χ4n) is 3.06. The number of nitrogens with zero attached hydrogens (tertiary/aromatic N) is 1. The van der Waals surface area contributed by atoms with Gasteiger partial charge in [0.1, 0.15) is 5.60 Å². The first kappa shape index (κ1) is 20.3. The Morgan fingerprint density at radius 2 is 1.87 bits per heavy atom. The van der Waals surface area contributed by atoms with Crippen molar-refractivity contribution in [2.45, 2.75) is 84.7 Å². The molecule has 1 aliphatic heterocycles. The van der Waals surface area contributed by atoms with Gasteiger partial charge in [-0.2, -0.15) is 0 Å². The van der Waals surface area contributed by atoms with Crippen LogP contribution >= 0.6 is 0 Å². The summed E-state index contributed by atoms with van der Waals surface area (Å²) in [4.78, 5) is 14.0. The normalized spacial score (nSPS) is 19.0. The molecule has 0 aromatic heterocycles. The Kier molecular flexibility index (Phi) is 9.61. The topological polar surface area (TPSA) is 41.6 Å². The van der Waals surface area contributed by atoms with Crippen molar-refractivity contribution in [1.82, 2.24) is 10.2 Å². The van der Waals surface area contributed by atoms with E-state index in [0.29, 0.717) is 5.92 Å². The predicted octanol–water partition coefficient (Wildman–Crippen LogP) is 4.58. The lowest BCUT2D eigenvalue weighted by Gasteiger charge is -2.34. The number of nitrogens with one attached hydrogen (secondary N) is 1. The fraction of sp³-hybridized carbons (Fsp3) is 0.947. The van der Waals surface area contributed by atoms with Crippen LogP contribution in [-0.4, -0.2) is 42.8 Å². The monoisotopic (exact) mass is 326 g/mol. The Hall–Kier alpha value is -0.770. The molecule has 0 spiro atoms. The van der Waals surface area contributed by atoms with Gasteiger partial charge in [-0.15, -0.1) is 0 Å². The number of likely N-dealkylation sites (tertiary alicyclic amines) is 1. The van der Waals surface area contributed by atoms with Crippen LogP contribution in [0, 0.1) is 5.92 Å². The molecule has 1 amide bonds. The van der Waals surface area contributed by atoms with E-state index in [9.17, 15) is 4.79 Å². The molecule has 1 N–H and O–H groups in total. The smallest absolute Gasteiger partial charge is 0.410 e. The standard InChI is InChI=1S/C19H38N2O2/c1-5-6-7-8-9-10-13-20-15-17-12-11-14-21(16-17)18(22)23-19(2,3)4/h17,20H,5-16H2,1-4H3. The number of hydrogen-bond acceptors (Lipinski definition) is 3. The van der Waals surface area contributed by atoms with Crippen LogP contribution < -0.4 is 5.32 Å². The highest BCUT2D eigenvalue weighted by Gasteiger charge is 2.27. The van der Waals surface area contributed by atoms with Crippen molar-refractivity contribution in [3.63, 3.8) is 0 Å². The number of carbonyl (C=O) groups is 1. The molecule has 1 aliphatic rings. The van der Waals surface area contributed by atoms with Gasteiger partial charge in [-0.25, -0.2) is 4.79 Å². The van der Waals surface area contributed by atoms with Crippen LogP contribution in [0.4, 0.5) is 4.79 Å². The second kappa shape index (κ2) is 10.9. The number of piperidine rings is 1. The molecular formula is C19H38N2O2. The summed E-state index contributed by atoms with van der Waals surface area (Å²) >= 11 is 0. The molecule has 1 unspecified atom stereocenters. The quantitative estimate of drug-likeness (QED) is 0.630. The van der Waals surface area contributed by atoms with Crippen molar-refractivity contribution in [2.24, 2.45) is 5.92 Å². The summed E-state index contributed by atoms with van der Waals surface area (Å²) in [7, 11) is 0. The molecule has 0 aliphatic carbocycles. The van der Waals surface area contributed by atoms with E-state index in [1.54, 1.807) is 0 Å². The van der Waals surface area contributed by atoms with Gasteiger partial charge in [0.05, 0.1) is 0 Å². The Balaban J connectivity index is 2.12. The molecule has 0 saturated carbocycles. The number of carbonyl (C=O) groups excluding carboxylic acids is 1. The average Bonchev–Trinajstić information content (AvgIpc) is 2.48. The van der Waals surface area contributed by atoms with Crippen LogP contribution in [0.25, 0.3) is 0 Å². The summed E-state index contributed by atoms with van der Waals surface area (Å²) in [6.07, 6.45) is 10.2. The Morgan fingerprint density at radius 1 is 1.17 bits per heavy atom. The molecule has 4 heteroatoms. The van der Waals surface area contributed by atoms with Gasteiger partial charge in [0.2, 0.25) is 0 Å². The van der Waals surface area contributed by atoms with E-state index >= 15 is 0 Å². The van der Waals surface area contributed by atoms with E-state index in [1.807, 2.05) is 25.7 Å². The third kappa shape index (κ3) is 9.85. The molecular weight excluding hydrogens is 288 g/mol. The second-order valence-electron chi connectivity index (χ2n) is 7.91. The lowest BCUT2D eigenvalue weighted by atomic mass is 9.98. The molecule has 0 bridgehead atoms. The summed E-state index contributed by atoms with van der Waals surface area (Å²) in [6, 6.07) is 0. The van der Waals surface area contributed by atoms with Crippen molar-refractivity contribution in [2.75, 3.05) is 26.2 Å².